The molecule has 1 aromatic carbocycles. The molecule has 0 aliphatic carbocycles. The zero-order chi connectivity index (χ0) is 9.68. The molecule has 2 heteroatoms. The van der Waals surface area contributed by atoms with Crippen molar-refractivity contribution in [3.63, 3.8) is 0 Å². The Morgan fingerprint density at radius 3 is 2.62 bits per heavy atom. The van der Waals surface area contributed by atoms with E-state index in [4.69, 9.17) is 9.84 Å². The molecule has 0 amide bonds. The molecule has 0 radical (unpaired) electrons. The van der Waals surface area contributed by atoms with Gasteiger partial charge in [0, 0.05) is 6.61 Å². The first-order valence-corrected chi connectivity index (χ1v) is 4.58. The molecule has 0 saturated heterocycles. The van der Waals surface area contributed by atoms with Gasteiger partial charge in [-0.15, -0.1) is 0 Å². The van der Waals surface area contributed by atoms with Crippen molar-refractivity contribution in [3.05, 3.63) is 29.3 Å². The van der Waals surface area contributed by atoms with E-state index in [0.29, 0.717) is 6.42 Å². The smallest absolute Gasteiger partial charge is 0.119 e. The van der Waals surface area contributed by atoms with Crippen molar-refractivity contribution in [1.29, 1.82) is 0 Å². The Kier molecular flexibility index (Phi) is 3.77. The zero-order valence-corrected chi connectivity index (χ0v) is 8.21. The second-order valence-corrected chi connectivity index (χ2v) is 2.96. The third-order valence-corrected chi connectivity index (χ3v) is 2.18. The Hall–Kier alpha value is -1.02. The van der Waals surface area contributed by atoms with Crippen molar-refractivity contribution in [3.8, 4) is 5.75 Å². The van der Waals surface area contributed by atoms with Gasteiger partial charge in [-0.3, -0.25) is 0 Å². The fraction of sp³-hybridized carbons (Fsp3) is 0.455. The minimum absolute atomic E-state index is 0.195. The molecule has 13 heavy (non-hydrogen) atoms. The molecule has 0 saturated carbocycles. The van der Waals surface area contributed by atoms with Crippen LogP contribution in [0.1, 0.15) is 18.1 Å². The van der Waals surface area contributed by atoms with Crippen LogP contribution in [0.2, 0.25) is 0 Å². The molecule has 0 spiro atoms. The number of ether oxygens (including phenoxy) is 1. The van der Waals surface area contributed by atoms with Gasteiger partial charge in [0.2, 0.25) is 0 Å². The summed E-state index contributed by atoms with van der Waals surface area (Å²) in [5.41, 5.74) is 2.47. The molecule has 0 bridgehead atoms. The summed E-state index contributed by atoms with van der Waals surface area (Å²) in [6, 6.07) is 6.01. The summed E-state index contributed by atoms with van der Waals surface area (Å²) < 4.78 is 5.12. The molecule has 1 N–H and O–H groups in total. The van der Waals surface area contributed by atoms with Gasteiger partial charge < -0.3 is 9.84 Å². The van der Waals surface area contributed by atoms with Gasteiger partial charge in [0.1, 0.15) is 5.75 Å². The van der Waals surface area contributed by atoms with E-state index in [1.54, 1.807) is 7.11 Å². The first kappa shape index (κ1) is 10.1. The number of hydrogen-bond donors (Lipinski definition) is 1. The fourth-order valence-corrected chi connectivity index (χ4v) is 1.43. The highest BCUT2D eigenvalue weighted by atomic mass is 16.5. The predicted molar refractivity (Wildman–Crippen MR) is 53.2 cm³/mol. The average molecular weight is 180 g/mol. The van der Waals surface area contributed by atoms with Crippen LogP contribution in [-0.4, -0.2) is 18.8 Å². The van der Waals surface area contributed by atoms with E-state index in [1.165, 1.54) is 11.1 Å². The normalized spacial score (nSPS) is 10.1. The topological polar surface area (TPSA) is 29.5 Å². The number of methoxy groups -OCH3 is 1. The summed E-state index contributed by atoms with van der Waals surface area (Å²) >= 11 is 0. The van der Waals surface area contributed by atoms with Crippen molar-refractivity contribution in [2.45, 2.75) is 19.8 Å². The quantitative estimate of drug-likeness (QED) is 0.765. The number of aliphatic hydroxyl groups is 1. The number of aryl methyl sites for hydroxylation is 1. The van der Waals surface area contributed by atoms with Crippen LogP contribution < -0.4 is 4.74 Å². The molecule has 0 atom stereocenters. The molecule has 72 valence electrons. The van der Waals surface area contributed by atoms with Crippen LogP contribution in [0.25, 0.3) is 0 Å². The van der Waals surface area contributed by atoms with Crippen LogP contribution in [0.4, 0.5) is 0 Å². The fourth-order valence-electron chi connectivity index (χ4n) is 1.43. The van der Waals surface area contributed by atoms with E-state index in [-0.39, 0.29) is 6.61 Å². The Labute approximate surface area is 79.2 Å². The zero-order valence-electron chi connectivity index (χ0n) is 8.21. The largest absolute Gasteiger partial charge is 0.497 e. The summed E-state index contributed by atoms with van der Waals surface area (Å²) in [5, 5.41) is 8.86. The number of benzene rings is 1. The molecule has 1 rings (SSSR count). The Balaban J connectivity index is 2.95. The molecule has 0 unspecified atom stereocenters. The second kappa shape index (κ2) is 4.87. The highest BCUT2D eigenvalue weighted by Crippen LogP contribution is 2.18. The Morgan fingerprint density at radius 1 is 1.31 bits per heavy atom. The van der Waals surface area contributed by atoms with E-state index < -0.39 is 0 Å². The summed E-state index contributed by atoms with van der Waals surface area (Å²) in [6.07, 6.45) is 1.71. The molecular formula is C11H16O2. The highest BCUT2D eigenvalue weighted by Gasteiger charge is 2.01. The Morgan fingerprint density at radius 2 is 2.08 bits per heavy atom. The van der Waals surface area contributed by atoms with Gasteiger partial charge in [0.05, 0.1) is 7.11 Å². The van der Waals surface area contributed by atoms with Gasteiger partial charge in [-0.2, -0.15) is 0 Å². The van der Waals surface area contributed by atoms with Crippen molar-refractivity contribution in [1.82, 2.24) is 0 Å². The molecule has 0 heterocycles. The van der Waals surface area contributed by atoms with E-state index >= 15 is 0 Å². The Bertz CT molecular complexity index is 269. The van der Waals surface area contributed by atoms with Crippen molar-refractivity contribution in [2.75, 3.05) is 13.7 Å². The van der Waals surface area contributed by atoms with E-state index in [0.717, 1.165) is 12.2 Å². The van der Waals surface area contributed by atoms with E-state index in [9.17, 15) is 0 Å². The van der Waals surface area contributed by atoms with Gasteiger partial charge in [-0.25, -0.2) is 0 Å². The van der Waals surface area contributed by atoms with Gasteiger partial charge >= 0.3 is 0 Å². The summed E-state index contributed by atoms with van der Waals surface area (Å²) in [7, 11) is 1.66. The standard InChI is InChI=1S/C11H16O2/c1-3-9-4-5-11(13-2)8-10(9)6-7-12/h4-5,8,12H,3,6-7H2,1-2H3. The predicted octanol–water partition coefficient (Wildman–Crippen LogP) is 1.79. The summed E-state index contributed by atoms with van der Waals surface area (Å²) in [6.45, 7) is 2.31. The summed E-state index contributed by atoms with van der Waals surface area (Å²) in [4.78, 5) is 0. The molecule has 0 fully saturated rings. The van der Waals surface area contributed by atoms with Crippen LogP contribution in [0.5, 0.6) is 5.75 Å². The molecule has 2 nitrogen and oxygen atoms in total. The third-order valence-electron chi connectivity index (χ3n) is 2.18. The number of hydrogen-bond acceptors (Lipinski definition) is 2. The average Bonchev–Trinajstić information content (AvgIpc) is 2.18. The number of aliphatic hydroxyl groups excluding tert-OH is 1. The second-order valence-electron chi connectivity index (χ2n) is 2.96. The van der Waals surface area contributed by atoms with Gasteiger partial charge in [0.15, 0.2) is 0 Å². The minimum atomic E-state index is 0.195. The maximum atomic E-state index is 8.86. The maximum Gasteiger partial charge on any atom is 0.119 e. The van der Waals surface area contributed by atoms with Crippen molar-refractivity contribution in [2.24, 2.45) is 0 Å². The van der Waals surface area contributed by atoms with E-state index in [1.807, 2.05) is 12.1 Å². The first-order chi connectivity index (χ1) is 6.31. The SMILES string of the molecule is CCc1ccc(OC)cc1CCO. The minimum Gasteiger partial charge on any atom is -0.497 e. The van der Waals surface area contributed by atoms with Crippen LogP contribution in [0.15, 0.2) is 18.2 Å². The monoisotopic (exact) mass is 180 g/mol. The van der Waals surface area contributed by atoms with Crippen LogP contribution >= 0.6 is 0 Å². The van der Waals surface area contributed by atoms with Gasteiger partial charge in [0.25, 0.3) is 0 Å². The lowest BCUT2D eigenvalue weighted by atomic mass is 10.0. The molecule has 1 aromatic rings. The first-order valence-electron chi connectivity index (χ1n) is 4.58. The summed E-state index contributed by atoms with van der Waals surface area (Å²) in [5.74, 6) is 0.862. The molecule has 0 aromatic heterocycles. The highest BCUT2D eigenvalue weighted by molar-refractivity contribution is 5.35. The maximum absolute atomic E-state index is 8.86. The van der Waals surface area contributed by atoms with Crippen LogP contribution in [0, 0.1) is 0 Å². The lowest BCUT2D eigenvalue weighted by Crippen LogP contribution is -1.97. The van der Waals surface area contributed by atoms with Crippen molar-refractivity contribution < 1.29 is 9.84 Å². The molecule has 0 aliphatic rings. The number of rotatable bonds is 4. The molecular weight excluding hydrogens is 164 g/mol. The third kappa shape index (κ3) is 2.46. The van der Waals surface area contributed by atoms with Crippen LogP contribution in [-0.2, 0) is 12.8 Å². The van der Waals surface area contributed by atoms with Crippen molar-refractivity contribution >= 4 is 0 Å². The van der Waals surface area contributed by atoms with Gasteiger partial charge in [-0.05, 0) is 36.1 Å². The molecule has 0 aliphatic heterocycles. The van der Waals surface area contributed by atoms with Gasteiger partial charge in [-0.1, -0.05) is 13.0 Å². The lowest BCUT2D eigenvalue weighted by Gasteiger charge is -2.08. The lowest BCUT2D eigenvalue weighted by molar-refractivity contribution is 0.299. The van der Waals surface area contributed by atoms with Crippen LogP contribution in [0.3, 0.4) is 0 Å². The van der Waals surface area contributed by atoms with E-state index in [2.05, 4.69) is 13.0 Å².